The van der Waals surface area contributed by atoms with Gasteiger partial charge in [-0.15, -0.1) is 0 Å². The van der Waals surface area contributed by atoms with Crippen LogP contribution in [-0.4, -0.2) is 19.1 Å². The number of rotatable bonds is 5. The van der Waals surface area contributed by atoms with Crippen LogP contribution < -0.4 is 0 Å². The lowest BCUT2D eigenvalue weighted by molar-refractivity contribution is 0.366. The minimum atomic E-state index is -4.54. The molecule has 10 heavy (non-hydrogen) atoms. The van der Waals surface area contributed by atoms with Gasteiger partial charge in [-0.05, 0) is 6.42 Å². The van der Waals surface area contributed by atoms with E-state index in [1.54, 1.807) is 0 Å². The summed E-state index contributed by atoms with van der Waals surface area (Å²) in [5.74, 6) is 0. The SMILES string of the molecule is CCCC[Si](F)(F)O[SiH2]F. The number of unbranched alkanes of at least 4 members (excludes halogenated alkanes) is 1. The molecule has 0 amide bonds. The molecule has 0 fully saturated rings. The summed E-state index contributed by atoms with van der Waals surface area (Å²) in [5.41, 5.74) is 0. The van der Waals surface area contributed by atoms with E-state index in [1.165, 1.54) is 0 Å². The molecule has 0 aromatic rings. The summed E-state index contributed by atoms with van der Waals surface area (Å²) in [6, 6.07) is -0.222. The normalized spacial score (nSPS) is 13.2. The Labute approximate surface area is 62.2 Å². The smallest absolute Gasteiger partial charge is 0.389 e. The first kappa shape index (κ1) is 10.2. The summed E-state index contributed by atoms with van der Waals surface area (Å²) in [7, 11) is -6.94. The van der Waals surface area contributed by atoms with Crippen LogP contribution in [0.5, 0.6) is 0 Å². The highest BCUT2D eigenvalue weighted by atomic mass is 28.5. The molecule has 62 valence electrons. The molecule has 0 aliphatic rings. The maximum Gasteiger partial charge on any atom is 0.568 e. The molecule has 0 spiro atoms. The van der Waals surface area contributed by atoms with Crippen molar-refractivity contribution in [3.63, 3.8) is 0 Å². The zero-order valence-corrected chi connectivity index (χ0v) is 8.28. The first-order valence-corrected chi connectivity index (χ1v) is 6.18. The van der Waals surface area contributed by atoms with Gasteiger partial charge >= 0.3 is 19.1 Å². The predicted molar refractivity (Wildman–Crippen MR) is 38.4 cm³/mol. The largest absolute Gasteiger partial charge is 0.568 e. The first-order valence-electron chi connectivity index (χ1n) is 3.20. The van der Waals surface area contributed by atoms with Crippen molar-refractivity contribution in [2.24, 2.45) is 0 Å². The molecule has 6 heteroatoms. The van der Waals surface area contributed by atoms with Crippen molar-refractivity contribution in [3.8, 4) is 0 Å². The van der Waals surface area contributed by atoms with Crippen molar-refractivity contribution in [3.05, 3.63) is 0 Å². The monoisotopic (exact) mass is 188 g/mol. The highest BCUT2D eigenvalue weighted by Gasteiger charge is 2.36. The Hall–Kier alpha value is 0.184. The Balaban J connectivity index is 3.42. The third-order valence-corrected chi connectivity index (χ3v) is 4.15. The molecule has 0 bridgehead atoms. The first-order chi connectivity index (χ1) is 4.62. The molecule has 0 radical (unpaired) electrons. The molecule has 0 aromatic carbocycles. The van der Waals surface area contributed by atoms with Gasteiger partial charge in [-0.2, -0.15) is 0 Å². The Bertz CT molecular complexity index is 90.6. The van der Waals surface area contributed by atoms with Crippen molar-refractivity contribution in [2.75, 3.05) is 0 Å². The van der Waals surface area contributed by atoms with E-state index in [0.29, 0.717) is 12.8 Å². The highest BCUT2D eigenvalue weighted by Crippen LogP contribution is 2.17. The number of hydrogen-bond donors (Lipinski definition) is 0. The van der Waals surface area contributed by atoms with Crippen LogP contribution in [0.2, 0.25) is 6.04 Å². The molecule has 0 N–H and O–H groups in total. The lowest BCUT2D eigenvalue weighted by Gasteiger charge is -2.09. The summed E-state index contributed by atoms with van der Waals surface area (Å²) in [6.45, 7) is 1.82. The van der Waals surface area contributed by atoms with Gasteiger partial charge < -0.3 is 4.12 Å². The van der Waals surface area contributed by atoms with Gasteiger partial charge in [0, 0.05) is 6.04 Å². The molecule has 0 heterocycles. The third kappa shape index (κ3) is 5.01. The summed E-state index contributed by atoms with van der Waals surface area (Å²) in [4.78, 5) is 0. The van der Waals surface area contributed by atoms with Crippen molar-refractivity contribution in [1.82, 2.24) is 0 Å². The van der Waals surface area contributed by atoms with Gasteiger partial charge in [-0.1, -0.05) is 13.3 Å². The lowest BCUT2D eigenvalue weighted by Crippen LogP contribution is -2.27. The quantitative estimate of drug-likeness (QED) is 0.471. The topological polar surface area (TPSA) is 9.23 Å². The fourth-order valence-electron chi connectivity index (χ4n) is 0.535. The lowest BCUT2D eigenvalue weighted by atomic mass is 10.4. The van der Waals surface area contributed by atoms with Crippen LogP contribution >= 0.6 is 0 Å². The van der Waals surface area contributed by atoms with Crippen LogP contribution in [0.15, 0.2) is 0 Å². The van der Waals surface area contributed by atoms with Crippen LogP contribution in [0.3, 0.4) is 0 Å². The molecule has 0 saturated heterocycles. The van der Waals surface area contributed by atoms with Gasteiger partial charge in [-0.25, -0.2) is 8.22 Å². The van der Waals surface area contributed by atoms with Crippen LogP contribution in [0, 0.1) is 0 Å². The van der Waals surface area contributed by atoms with E-state index in [2.05, 4.69) is 4.12 Å². The van der Waals surface area contributed by atoms with Gasteiger partial charge in [0.05, 0.1) is 0 Å². The molecular formula is C4H11F3OSi2. The molecule has 0 aliphatic carbocycles. The Morgan fingerprint density at radius 3 is 2.50 bits per heavy atom. The summed E-state index contributed by atoms with van der Waals surface area (Å²) >= 11 is 0. The minimum absolute atomic E-state index is 0.222. The number of hydrogen-bond acceptors (Lipinski definition) is 1. The van der Waals surface area contributed by atoms with Crippen molar-refractivity contribution < 1.29 is 16.4 Å². The van der Waals surface area contributed by atoms with E-state index >= 15 is 0 Å². The van der Waals surface area contributed by atoms with Crippen molar-refractivity contribution >= 4 is 19.1 Å². The minimum Gasteiger partial charge on any atom is -0.389 e. The molecule has 0 saturated carbocycles. The summed E-state index contributed by atoms with van der Waals surface area (Å²) in [6.07, 6.45) is 1.15. The zero-order chi connectivity index (χ0) is 8.04. The molecule has 0 atom stereocenters. The zero-order valence-electron chi connectivity index (χ0n) is 5.87. The molecule has 0 aromatic heterocycles. The van der Waals surface area contributed by atoms with Crippen LogP contribution in [0.25, 0.3) is 0 Å². The van der Waals surface area contributed by atoms with Gasteiger partial charge in [0.15, 0.2) is 0 Å². The second kappa shape index (κ2) is 4.92. The van der Waals surface area contributed by atoms with E-state index < -0.39 is 19.1 Å². The Morgan fingerprint density at radius 2 is 2.10 bits per heavy atom. The fourth-order valence-corrected chi connectivity index (χ4v) is 2.52. The molecular weight excluding hydrogens is 177 g/mol. The van der Waals surface area contributed by atoms with Crippen LogP contribution in [0.1, 0.15) is 19.8 Å². The standard InChI is InChI=1S/C4H11F3OSi2/c1-2-3-4-10(6,7)8-9-5/h2-4,9H2,1H3. The average molecular weight is 188 g/mol. The van der Waals surface area contributed by atoms with Crippen LogP contribution in [-0.2, 0) is 4.12 Å². The van der Waals surface area contributed by atoms with Gasteiger partial charge in [-0.3, -0.25) is 4.11 Å². The van der Waals surface area contributed by atoms with Crippen molar-refractivity contribution in [1.29, 1.82) is 0 Å². The second-order valence-corrected chi connectivity index (χ2v) is 5.14. The molecule has 0 unspecified atom stereocenters. The van der Waals surface area contributed by atoms with Gasteiger partial charge in [0.25, 0.3) is 0 Å². The van der Waals surface area contributed by atoms with Crippen molar-refractivity contribution in [2.45, 2.75) is 25.8 Å². The molecule has 0 rings (SSSR count). The maximum absolute atomic E-state index is 12.3. The Morgan fingerprint density at radius 1 is 1.50 bits per heavy atom. The summed E-state index contributed by atoms with van der Waals surface area (Å²) < 4.78 is 39.8. The number of halogens is 3. The van der Waals surface area contributed by atoms with E-state index in [9.17, 15) is 12.3 Å². The van der Waals surface area contributed by atoms with Crippen LogP contribution in [0.4, 0.5) is 12.3 Å². The summed E-state index contributed by atoms with van der Waals surface area (Å²) in [5, 5.41) is 0. The third-order valence-electron chi connectivity index (χ3n) is 1.09. The van der Waals surface area contributed by atoms with Gasteiger partial charge in [0.1, 0.15) is 0 Å². The fraction of sp³-hybridized carbons (Fsp3) is 1.00. The maximum atomic E-state index is 12.3. The predicted octanol–water partition coefficient (Wildman–Crippen LogP) is 1.65. The van der Waals surface area contributed by atoms with E-state index in [4.69, 9.17) is 0 Å². The average Bonchev–Trinajstić information content (AvgIpc) is 1.84. The van der Waals surface area contributed by atoms with E-state index in [-0.39, 0.29) is 6.04 Å². The second-order valence-electron chi connectivity index (χ2n) is 1.99. The van der Waals surface area contributed by atoms with Gasteiger partial charge in [0.2, 0.25) is 0 Å². The Kier molecular flexibility index (Phi) is 5.01. The molecule has 1 nitrogen and oxygen atoms in total. The van der Waals surface area contributed by atoms with E-state index in [1.807, 2.05) is 6.92 Å². The van der Waals surface area contributed by atoms with E-state index in [0.717, 1.165) is 0 Å². The molecule has 0 aliphatic heterocycles. The highest BCUT2D eigenvalue weighted by molar-refractivity contribution is 6.63.